The van der Waals surface area contributed by atoms with Crippen LogP contribution < -0.4 is 10.2 Å². The Morgan fingerprint density at radius 1 is 1.53 bits per heavy atom. The second-order valence-electron chi connectivity index (χ2n) is 4.44. The molecule has 0 aromatic heterocycles. The molecule has 0 aliphatic rings. The molecular weight excluding hydrogens is 304 g/mol. The van der Waals surface area contributed by atoms with Crippen LogP contribution in [0.5, 0.6) is 0 Å². The fourth-order valence-electron chi connectivity index (χ4n) is 2.08. The largest absolute Gasteiger partial charge is 0.395 e. The molecular formula is C15H23BrN2O. The second kappa shape index (κ2) is 8.35. The van der Waals surface area contributed by atoms with Gasteiger partial charge in [-0.1, -0.05) is 35.0 Å². The topological polar surface area (TPSA) is 35.5 Å². The molecule has 0 saturated heterocycles. The highest BCUT2D eigenvalue weighted by Gasteiger charge is 2.11. The Balaban J connectivity index is 2.93. The summed E-state index contributed by atoms with van der Waals surface area (Å²) in [5.41, 5.74) is 2.33. The van der Waals surface area contributed by atoms with Gasteiger partial charge in [-0.3, -0.25) is 0 Å². The summed E-state index contributed by atoms with van der Waals surface area (Å²) in [5, 5.41) is 12.5. The Labute approximate surface area is 124 Å². The Morgan fingerprint density at radius 3 is 2.79 bits per heavy atom. The van der Waals surface area contributed by atoms with E-state index in [4.69, 9.17) is 5.11 Å². The van der Waals surface area contributed by atoms with Gasteiger partial charge < -0.3 is 15.3 Å². The van der Waals surface area contributed by atoms with Crippen LogP contribution in [0.15, 0.2) is 35.3 Å². The van der Waals surface area contributed by atoms with Gasteiger partial charge in [0.1, 0.15) is 0 Å². The monoisotopic (exact) mass is 326 g/mol. The molecule has 1 aromatic carbocycles. The van der Waals surface area contributed by atoms with Crippen LogP contribution in [0, 0.1) is 0 Å². The van der Waals surface area contributed by atoms with E-state index in [-0.39, 0.29) is 6.61 Å². The maximum Gasteiger partial charge on any atom is 0.0606 e. The highest BCUT2D eigenvalue weighted by molar-refractivity contribution is 9.10. The Morgan fingerprint density at radius 2 is 2.26 bits per heavy atom. The van der Waals surface area contributed by atoms with Crippen molar-refractivity contribution in [2.75, 3.05) is 31.1 Å². The molecule has 1 unspecified atom stereocenters. The molecule has 0 amide bonds. The van der Waals surface area contributed by atoms with E-state index < -0.39 is 0 Å². The third kappa shape index (κ3) is 4.64. The molecule has 0 fully saturated rings. The van der Waals surface area contributed by atoms with E-state index in [9.17, 15) is 0 Å². The SMILES string of the molecule is C=CCN(CCO)c1ccc(C(C)NCC)c(Br)c1. The number of aliphatic hydroxyl groups excluding tert-OH is 1. The minimum atomic E-state index is 0.140. The summed E-state index contributed by atoms with van der Waals surface area (Å²) in [7, 11) is 0. The van der Waals surface area contributed by atoms with Crippen LogP contribution in [-0.2, 0) is 0 Å². The Kier molecular flexibility index (Phi) is 7.13. The molecule has 2 N–H and O–H groups in total. The third-order valence-electron chi connectivity index (χ3n) is 3.05. The number of nitrogens with one attached hydrogen (secondary N) is 1. The van der Waals surface area contributed by atoms with Gasteiger partial charge >= 0.3 is 0 Å². The Bertz CT molecular complexity index is 409. The molecule has 1 rings (SSSR count). The van der Waals surface area contributed by atoms with E-state index in [1.165, 1.54) is 5.56 Å². The highest BCUT2D eigenvalue weighted by Crippen LogP contribution is 2.28. The van der Waals surface area contributed by atoms with Crippen molar-refractivity contribution in [2.45, 2.75) is 19.9 Å². The zero-order valence-electron chi connectivity index (χ0n) is 11.7. The van der Waals surface area contributed by atoms with Crippen molar-refractivity contribution in [3.8, 4) is 0 Å². The third-order valence-corrected chi connectivity index (χ3v) is 3.73. The van der Waals surface area contributed by atoms with E-state index in [1.807, 2.05) is 6.08 Å². The molecule has 1 aromatic rings. The molecule has 0 saturated carbocycles. The first kappa shape index (κ1) is 16.2. The number of hydrogen-bond donors (Lipinski definition) is 2. The van der Waals surface area contributed by atoms with Crippen molar-refractivity contribution in [1.29, 1.82) is 0 Å². The lowest BCUT2D eigenvalue weighted by Gasteiger charge is -2.24. The standard InChI is InChI=1S/C15H23BrN2O/c1-4-8-18(9-10-19)13-6-7-14(15(16)11-13)12(3)17-5-2/h4,6-7,11-12,17,19H,1,5,8-10H2,2-3H3. The summed E-state index contributed by atoms with van der Waals surface area (Å²) >= 11 is 3.63. The zero-order chi connectivity index (χ0) is 14.3. The molecule has 19 heavy (non-hydrogen) atoms. The average molecular weight is 327 g/mol. The van der Waals surface area contributed by atoms with Gasteiger partial charge in [0.25, 0.3) is 0 Å². The van der Waals surface area contributed by atoms with E-state index in [0.717, 1.165) is 23.2 Å². The van der Waals surface area contributed by atoms with Crippen molar-refractivity contribution in [3.05, 3.63) is 40.9 Å². The molecule has 3 nitrogen and oxygen atoms in total. The van der Waals surface area contributed by atoms with Crippen LogP contribution >= 0.6 is 15.9 Å². The van der Waals surface area contributed by atoms with Gasteiger partial charge in [-0.05, 0) is 31.2 Å². The maximum atomic E-state index is 9.11. The maximum absolute atomic E-state index is 9.11. The first-order valence-corrected chi connectivity index (χ1v) is 7.42. The predicted octanol–water partition coefficient (Wildman–Crippen LogP) is 3.10. The van der Waals surface area contributed by atoms with Crippen LogP contribution in [0.2, 0.25) is 0 Å². The van der Waals surface area contributed by atoms with Gasteiger partial charge in [-0.15, -0.1) is 6.58 Å². The fraction of sp³-hybridized carbons (Fsp3) is 0.467. The Hall–Kier alpha value is -0.840. The van der Waals surface area contributed by atoms with Crippen LogP contribution in [0.4, 0.5) is 5.69 Å². The zero-order valence-corrected chi connectivity index (χ0v) is 13.3. The van der Waals surface area contributed by atoms with Crippen molar-refractivity contribution in [2.24, 2.45) is 0 Å². The van der Waals surface area contributed by atoms with Gasteiger partial charge in [-0.25, -0.2) is 0 Å². The quantitative estimate of drug-likeness (QED) is 0.720. The molecule has 0 heterocycles. The number of hydrogen-bond acceptors (Lipinski definition) is 3. The second-order valence-corrected chi connectivity index (χ2v) is 5.30. The summed E-state index contributed by atoms with van der Waals surface area (Å²) < 4.78 is 1.09. The number of halogens is 1. The smallest absolute Gasteiger partial charge is 0.0606 e. The van der Waals surface area contributed by atoms with E-state index in [1.54, 1.807) is 0 Å². The number of aliphatic hydroxyl groups is 1. The summed E-state index contributed by atoms with van der Waals surface area (Å²) in [6.45, 7) is 10.4. The lowest BCUT2D eigenvalue weighted by molar-refractivity contribution is 0.303. The molecule has 106 valence electrons. The summed E-state index contributed by atoms with van der Waals surface area (Å²) in [6, 6.07) is 6.63. The molecule has 4 heteroatoms. The molecule has 0 aliphatic heterocycles. The van der Waals surface area contributed by atoms with Gasteiger partial charge in [-0.2, -0.15) is 0 Å². The number of nitrogens with zero attached hydrogens (tertiary/aromatic N) is 1. The van der Waals surface area contributed by atoms with E-state index >= 15 is 0 Å². The van der Waals surface area contributed by atoms with Crippen molar-refractivity contribution < 1.29 is 5.11 Å². The van der Waals surface area contributed by atoms with Crippen LogP contribution in [0.1, 0.15) is 25.5 Å². The van der Waals surface area contributed by atoms with Crippen molar-refractivity contribution >= 4 is 21.6 Å². The lowest BCUT2D eigenvalue weighted by atomic mass is 10.1. The molecule has 0 spiro atoms. The minimum absolute atomic E-state index is 0.140. The number of rotatable bonds is 8. The van der Waals surface area contributed by atoms with Gasteiger partial charge in [0.05, 0.1) is 6.61 Å². The summed E-state index contributed by atoms with van der Waals surface area (Å²) in [4.78, 5) is 2.10. The van der Waals surface area contributed by atoms with Gasteiger partial charge in [0, 0.05) is 29.3 Å². The fourth-order valence-corrected chi connectivity index (χ4v) is 2.79. The molecule has 0 bridgehead atoms. The average Bonchev–Trinajstić information content (AvgIpc) is 2.38. The first-order valence-electron chi connectivity index (χ1n) is 6.63. The molecule has 0 aliphatic carbocycles. The van der Waals surface area contributed by atoms with E-state index in [2.05, 4.69) is 64.8 Å². The molecule has 1 atom stereocenters. The van der Waals surface area contributed by atoms with Crippen LogP contribution in [-0.4, -0.2) is 31.3 Å². The van der Waals surface area contributed by atoms with E-state index in [0.29, 0.717) is 12.6 Å². The highest BCUT2D eigenvalue weighted by atomic mass is 79.9. The molecule has 0 radical (unpaired) electrons. The minimum Gasteiger partial charge on any atom is -0.395 e. The number of anilines is 1. The van der Waals surface area contributed by atoms with Crippen LogP contribution in [0.3, 0.4) is 0 Å². The summed E-state index contributed by atoms with van der Waals surface area (Å²) in [6.07, 6.45) is 1.85. The normalized spacial score (nSPS) is 12.2. The summed E-state index contributed by atoms with van der Waals surface area (Å²) in [5.74, 6) is 0. The van der Waals surface area contributed by atoms with Crippen LogP contribution in [0.25, 0.3) is 0 Å². The van der Waals surface area contributed by atoms with Gasteiger partial charge in [0.15, 0.2) is 0 Å². The number of benzene rings is 1. The lowest BCUT2D eigenvalue weighted by Crippen LogP contribution is -2.26. The van der Waals surface area contributed by atoms with Crippen molar-refractivity contribution in [3.63, 3.8) is 0 Å². The van der Waals surface area contributed by atoms with Gasteiger partial charge in [0.2, 0.25) is 0 Å². The van der Waals surface area contributed by atoms with Crippen molar-refractivity contribution in [1.82, 2.24) is 5.32 Å². The first-order chi connectivity index (χ1) is 9.13. The predicted molar refractivity (Wildman–Crippen MR) is 85.7 cm³/mol.